The molecule has 0 fully saturated rings. The van der Waals surface area contributed by atoms with Gasteiger partial charge >= 0.3 is 5.97 Å². The van der Waals surface area contributed by atoms with Gasteiger partial charge in [0.1, 0.15) is 17.6 Å². The summed E-state index contributed by atoms with van der Waals surface area (Å²) in [5.74, 6) is 0.624. The zero-order valence-corrected chi connectivity index (χ0v) is 18.4. The molecule has 0 amide bonds. The third-order valence-corrected chi connectivity index (χ3v) is 5.80. The Bertz CT molecular complexity index is 1330. The van der Waals surface area contributed by atoms with Crippen molar-refractivity contribution in [2.24, 2.45) is 4.99 Å². The van der Waals surface area contributed by atoms with Gasteiger partial charge in [0.15, 0.2) is 4.80 Å². The van der Waals surface area contributed by atoms with Gasteiger partial charge in [0, 0.05) is 11.6 Å². The molecular formula is C23H22N2O5S. The number of aromatic nitrogens is 1. The number of fused-ring (bicyclic) bond motifs is 1. The van der Waals surface area contributed by atoms with Crippen LogP contribution >= 0.6 is 11.3 Å². The fourth-order valence-corrected chi connectivity index (χ4v) is 4.58. The molecule has 2 aromatic heterocycles. The van der Waals surface area contributed by atoms with Crippen LogP contribution in [-0.4, -0.2) is 23.8 Å². The molecule has 0 bridgehead atoms. The predicted octanol–water partition coefficient (Wildman–Crippen LogP) is 2.79. The minimum absolute atomic E-state index is 0.0809. The van der Waals surface area contributed by atoms with E-state index >= 15 is 0 Å². The monoisotopic (exact) mass is 438 g/mol. The molecule has 1 unspecified atom stereocenters. The van der Waals surface area contributed by atoms with E-state index in [0.717, 1.165) is 0 Å². The summed E-state index contributed by atoms with van der Waals surface area (Å²) in [6, 6.07) is 10.2. The summed E-state index contributed by atoms with van der Waals surface area (Å²) < 4.78 is 18.4. The number of allylic oxidation sites excluding steroid dienone is 1. The van der Waals surface area contributed by atoms with Crippen LogP contribution in [0.4, 0.5) is 0 Å². The van der Waals surface area contributed by atoms with Crippen molar-refractivity contribution in [3.8, 4) is 5.75 Å². The Balaban J connectivity index is 2.01. The van der Waals surface area contributed by atoms with Crippen LogP contribution in [0.25, 0.3) is 6.08 Å². The number of rotatable bonds is 5. The molecule has 160 valence electrons. The molecule has 8 heteroatoms. The first-order valence-corrected chi connectivity index (χ1v) is 10.6. The smallest absolute Gasteiger partial charge is 0.338 e. The predicted molar refractivity (Wildman–Crippen MR) is 117 cm³/mol. The SMILES string of the molecule is COC(=O)C1=C(C)N=c2s/c(=C\c3ccco3)c(=O)n2C1c1ccccc1OC(C)C. The van der Waals surface area contributed by atoms with E-state index in [1.807, 2.05) is 38.1 Å². The van der Waals surface area contributed by atoms with Gasteiger partial charge in [0.05, 0.1) is 35.3 Å². The van der Waals surface area contributed by atoms with Crippen LogP contribution in [-0.2, 0) is 9.53 Å². The Kier molecular flexibility index (Phi) is 5.65. The van der Waals surface area contributed by atoms with Gasteiger partial charge in [0.25, 0.3) is 5.56 Å². The summed E-state index contributed by atoms with van der Waals surface area (Å²) in [5.41, 5.74) is 1.23. The summed E-state index contributed by atoms with van der Waals surface area (Å²) in [6.07, 6.45) is 3.14. The number of methoxy groups -OCH3 is 1. The molecule has 0 saturated carbocycles. The van der Waals surface area contributed by atoms with Crippen LogP contribution in [0.3, 0.4) is 0 Å². The molecule has 7 nitrogen and oxygen atoms in total. The van der Waals surface area contributed by atoms with Gasteiger partial charge in [-0.2, -0.15) is 0 Å². The van der Waals surface area contributed by atoms with E-state index in [1.54, 1.807) is 31.4 Å². The Morgan fingerprint density at radius 3 is 2.71 bits per heavy atom. The van der Waals surface area contributed by atoms with Crippen LogP contribution in [0, 0.1) is 0 Å². The largest absolute Gasteiger partial charge is 0.491 e. The van der Waals surface area contributed by atoms with Gasteiger partial charge in [-0.3, -0.25) is 9.36 Å². The molecule has 4 rings (SSSR count). The molecule has 0 saturated heterocycles. The van der Waals surface area contributed by atoms with Crippen molar-refractivity contribution in [3.63, 3.8) is 0 Å². The van der Waals surface area contributed by atoms with E-state index in [1.165, 1.54) is 23.0 Å². The molecule has 0 aliphatic carbocycles. The van der Waals surface area contributed by atoms with Crippen molar-refractivity contribution >= 4 is 23.4 Å². The lowest BCUT2D eigenvalue weighted by Gasteiger charge is -2.26. The van der Waals surface area contributed by atoms with Gasteiger partial charge in [-0.15, -0.1) is 0 Å². The summed E-state index contributed by atoms with van der Waals surface area (Å²) >= 11 is 1.24. The summed E-state index contributed by atoms with van der Waals surface area (Å²) in [5, 5.41) is 0. The highest BCUT2D eigenvalue weighted by molar-refractivity contribution is 7.07. The maximum Gasteiger partial charge on any atom is 0.338 e. The summed E-state index contributed by atoms with van der Waals surface area (Å²) in [4.78, 5) is 31.2. The molecule has 0 radical (unpaired) electrons. The van der Waals surface area contributed by atoms with E-state index in [-0.39, 0.29) is 11.7 Å². The average Bonchev–Trinajstić information content (AvgIpc) is 3.35. The molecule has 0 N–H and O–H groups in total. The van der Waals surface area contributed by atoms with Crippen molar-refractivity contribution in [2.75, 3.05) is 7.11 Å². The highest BCUT2D eigenvalue weighted by Crippen LogP contribution is 2.36. The number of carbonyl (C=O) groups is 1. The van der Waals surface area contributed by atoms with Crippen molar-refractivity contribution < 1.29 is 18.7 Å². The number of thiazole rings is 1. The van der Waals surface area contributed by atoms with Gasteiger partial charge in [0.2, 0.25) is 0 Å². The van der Waals surface area contributed by atoms with Crippen LogP contribution in [0.2, 0.25) is 0 Å². The minimum Gasteiger partial charge on any atom is -0.491 e. The summed E-state index contributed by atoms with van der Waals surface area (Å²) in [6.45, 7) is 5.59. The number of benzene rings is 1. The minimum atomic E-state index is -0.725. The Hall–Kier alpha value is -3.39. The van der Waals surface area contributed by atoms with Crippen molar-refractivity contribution in [1.29, 1.82) is 0 Å². The number of hydrogen-bond donors (Lipinski definition) is 0. The molecule has 31 heavy (non-hydrogen) atoms. The lowest BCUT2D eigenvalue weighted by molar-refractivity contribution is -0.136. The Labute approximate surface area is 182 Å². The second-order valence-electron chi connectivity index (χ2n) is 7.29. The lowest BCUT2D eigenvalue weighted by Crippen LogP contribution is -2.40. The molecule has 1 aromatic carbocycles. The number of esters is 1. The number of ether oxygens (including phenoxy) is 2. The van der Waals surface area contributed by atoms with Crippen molar-refractivity contribution in [2.45, 2.75) is 32.9 Å². The number of hydrogen-bond acceptors (Lipinski definition) is 7. The first kappa shape index (κ1) is 20.9. The average molecular weight is 439 g/mol. The van der Waals surface area contributed by atoms with E-state index in [2.05, 4.69) is 4.99 Å². The van der Waals surface area contributed by atoms with Crippen molar-refractivity contribution in [3.05, 3.63) is 84.9 Å². The van der Waals surface area contributed by atoms with Crippen molar-refractivity contribution in [1.82, 2.24) is 4.57 Å². The molecular weight excluding hydrogens is 416 g/mol. The fourth-order valence-electron chi connectivity index (χ4n) is 3.56. The number of carbonyl (C=O) groups excluding carboxylic acids is 1. The topological polar surface area (TPSA) is 83.0 Å². The third-order valence-electron chi connectivity index (χ3n) is 4.82. The molecule has 1 aliphatic heterocycles. The van der Waals surface area contributed by atoms with E-state index in [0.29, 0.717) is 37.7 Å². The maximum absolute atomic E-state index is 13.4. The van der Waals surface area contributed by atoms with Crippen LogP contribution < -0.4 is 19.6 Å². The number of furan rings is 1. The van der Waals surface area contributed by atoms with Crippen LogP contribution in [0.15, 0.2) is 68.1 Å². The second kappa shape index (κ2) is 8.39. The molecule has 0 spiro atoms. The molecule has 3 heterocycles. The highest BCUT2D eigenvalue weighted by atomic mass is 32.1. The molecule has 1 aliphatic rings. The second-order valence-corrected chi connectivity index (χ2v) is 8.30. The van der Waals surface area contributed by atoms with E-state index < -0.39 is 12.0 Å². The Morgan fingerprint density at radius 1 is 1.26 bits per heavy atom. The zero-order valence-electron chi connectivity index (χ0n) is 17.6. The van der Waals surface area contributed by atoms with E-state index in [9.17, 15) is 9.59 Å². The number of nitrogens with zero attached hydrogens (tertiary/aromatic N) is 2. The maximum atomic E-state index is 13.4. The standard InChI is InChI=1S/C23H22N2O5S/c1-13(2)30-17-10-6-5-9-16(17)20-19(22(27)28-4)14(3)24-23-25(20)21(26)18(31-23)12-15-8-7-11-29-15/h5-13,20H,1-4H3/b18-12-. The molecule has 3 aromatic rings. The molecule has 1 atom stereocenters. The normalized spacial score (nSPS) is 16.3. The zero-order chi connectivity index (χ0) is 22.1. The van der Waals surface area contributed by atoms with Gasteiger partial charge in [-0.1, -0.05) is 29.5 Å². The highest BCUT2D eigenvalue weighted by Gasteiger charge is 2.34. The summed E-state index contributed by atoms with van der Waals surface area (Å²) in [7, 11) is 1.32. The van der Waals surface area contributed by atoms with Gasteiger partial charge in [-0.25, -0.2) is 9.79 Å². The van der Waals surface area contributed by atoms with Gasteiger partial charge in [-0.05, 0) is 39.0 Å². The lowest BCUT2D eigenvalue weighted by atomic mass is 9.95. The first-order chi connectivity index (χ1) is 14.9. The quantitative estimate of drug-likeness (QED) is 0.572. The van der Waals surface area contributed by atoms with Crippen LogP contribution in [0.1, 0.15) is 38.1 Å². The third kappa shape index (κ3) is 3.86. The fraction of sp³-hybridized carbons (Fsp3) is 0.261. The van der Waals surface area contributed by atoms with Gasteiger partial charge < -0.3 is 13.9 Å². The van der Waals surface area contributed by atoms with Crippen LogP contribution in [0.5, 0.6) is 5.75 Å². The Morgan fingerprint density at radius 2 is 2.03 bits per heavy atom. The number of para-hydroxylation sites is 1. The van der Waals surface area contributed by atoms with E-state index in [4.69, 9.17) is 13.9 Å². The first-order valence-electron chi connectivity index (χ1n) is 9.80.